The van der Waals surface area contributed by atoms with Crippen molar-refractivity contribution in [2.45, 2.75) is 38.2 Å². The van der Waals surface area contributed by atoms with E-state index in [-0.39, 0.29) is 12.8 Å². The van der Waals surface area contributed by atoms with Gasteiger partial charge < -0.3 is 15.0 Å². The summed E-state index contributed by atoms with van der Waals surface area (Å²) in [7, 11) is 1.17. The van der Waals surface area contributed by atoms with Gasteiger partial charge >= 0.3 is 6.03 Å². The van der Waals surface area contributed by atoms with Gasteiger partial charge in [-0.1, -0.05) is 13.3 Å². The summed E-state index contributed by atoms with van der Waals surface area (Å²) in [5.74, 6) is -3.95. The molecule has 130 valence electrons. The van der Waals surface area contributed by atoms with Crippen LogP contribution in [0.4, 0.5) is 13.6 Å². The van der Waals surface area contributed by atoms with Gasteiger partial charge in [-0.2, -0.15) is 5.26 Å². The van der Waals surface area contributed by atoms with Crippen molar-refractivity contribution in [3.05, 3.63) is 0 Å². The molecular formula is C14H22F2N4O3. The number of halogens is 2. The molecule has 0 spiro atoms. The van der Waals surface area contributed by atoms with Crippen LogP contribution in [0.15, 0.2) is 0 Å². The summed E-state index contributed by atoms with van der Waals surface area (Å²) in [6.45, 7) is 2.98. The molecule has 1 rings (SSSR count). The van der Waals surface area contributed by atoms with Crippen molar-refractivity contribution in [3.8, 4) is 6.19 Å². The summed E-state index contributed by atoms with van der Waals surface area (Å²) in [5, 5.41) is 11.1. The van der Waals surface area contributed by atoms with E-state index in [1.54, 1.807) is 13.1 Å². The quantitative estimate of drug-likeness (QED) is 0.584. The number of morpholine rings is 1. The Morgan fingerprint density at radius 3 is 2.57 bits per heavy atom. The molecule has 23 heavy (non-hydrogen) atoms. The highest BCUT2D eigenvalue weighted by Gasteiger charge is 2.37. The van der Waals surface area contributed by atoms with Gasteiger partial charge in [0.2, 0.25) is 0 Å². The van der Waals surface area contributed by atoms with Gasteiger partial charge in [0, 0.05) is 33.0 Å². The van der Waals surface area contributed by atoms with Crippen molar-refractivity contribution in [1.82, 2.24) is 15.1 Å². The predicted octanol–water partition coefficient (Wildman–Crippen LogP) is 1.16. The second-order valence-electron chi connectivity index (χ2n) is 5.41. The third kappa shape index (κ3) is 5.98. The molecule has 1 aliphatic rings. The maximum Gasteiger partial charge on any atom is 0.318 e. The smallest absolute Gasteiger partial charge is 0.318 e. The summed E-state index contributed by atoms with van der Waals surface area (Å²) in [5.41, 5.74) is 0. The summed E-state index contributed by atoms with van der Waals surface area (Å²) < 4.78 is 32.8. The Morgan fingerprint density at radius 1 is 1.43 bits per heavy atom. The summed E-state index contributed by atoms with van der Waals surface area (Å²) in [4.78, 5) is 26.3. The maximum absolute atomic E-state index is 13.9. The molecule has 0 aromatic rings. The van der Waals surface area contributed by atoms with Crippen LogP contribution in [0, 0.1) is 11.5 Å². The molecule has 1 aliphatic heterocycles. The van der Waals surface area contributed by atoms with E-state index >= 15 is 0 Å². The molecule has 1 atom stereocenters. The van der Waals surface area contributed by atoms with E-state index in [0.29, 0.717) is 31.2 Å². The van der Waals surface area contributed by atoms with E-state index in [2.05, 4.69) is 5.32 Å². The highest BCUT2D eigenvalue weighted by atomic mass is 19.3. The number of nitriles is 1. The van der Waals surface area contributed by atoms with Crippen molar-refractivity contribution < 1.29 is 23.1 Å². The number of hydrogen-bond acceptors (Lipinski definition) is 4. The Bertz CT molecular complexity index is 461. The Kier molecular flexibility index (Phi) is 7.16. The molecule has 0 radical (unpaired) electrons. The number of alkyl halides is 2. The van der Waals surface area contributed by atoms with Crippen LogP contribution >= 0.6 is 0 Å². The molecule has 3 amide bonds. The fraction of sp³-hybridized carbons (Fsp3) is 0.786. The first-order valence-corrected chi connectivity index (χ1v) is 7.49. The van der Waals surface area contributed by atoms with E-state index in [1.807, 2.05) is 0 Å². The van der Waals surface area contributed by atoms with E-state index in [4.69, 9.17) is 10.00 Å². The second-order valence-corrected chi connectivity index (χ2v) is 5.41. The molecule has 0 aliphatic carbocycles. The van der Waals surface area contributed by atoms with Gasteiger partial charge in [-0.15, -0.1) is 0 Å². The van der Waals surface area contributed by atoms with E-state index in [9.17, 15) is 18.4 Å². The van der Waals surface area contributed by atoms with E-state index in [1.165, 1.54) is 11.9 Å². The van der Waals surface area contributed by atoms with E-state index in [0.717, 1.165) is 0 Å². The highest BCUT2D eigenvalue weighted by molar-refractivity contribution is 5.87. The molecule has 1 heterocycles. The van der Waals surface area contributed by atoms with Crippen LogP contribution in [0.25, 0.3) is 0 Å². The van der Waals surface area contributed by atoms with Crippen LogP contribution < -0.4 is 5.32 Å². The molecule has 0 aromatic carbocycles. The molecule has 0 saturated carbocycles. The lowest BCUT2D eigenvalue weighted by Gasteiger charge is -2.30. The van der Waals surface area contributed by atoms with Crippen LogP contribution in [-0.4, -0.2) is 67.1 Å². The molecular weight excluding hydrogens is 310 g/mol. The lowest BCUT2D eigenvalue weighted by Crippen LogP contribution is -2.54. The Morgan fingerprint density at radius 2 is 2.04 bits per heavy atom. The van der Waals surface area contributed by atoms with Gasteiger partial charge in [-0.25, -0.2) is 13.6 Å². The average molecular weight is 332 g/mol. The van der Waals surface area contributed by atoms with Crippen LogP contribution in [0.2, 0.25) is 0 Å². The predicted molar refractivity (Wildman–Crippen MR) is 77.6 cm³/mol. The third-order valence-corrected chi connectivity index (χ3v) is 3.49. The van der Waals surface area contributed by atoms with Gasteiger partial charge in [-0.3, -0.25) is 9.69 Å². The molecule has 1 fully saturated rings. The lowest BCUT2D eigenvalue weighted by atomic mass is 10.0. The first-order chi connectivity index (χ1) is 10.8. The van der Waals surface area contributed by atoms with Gasteiger partial charge in [0.15, 0.2) is 6.19 Å². The van der Waals surface area contributed by atoms with Crippen LogP contribution in [0.3, 0.4) is 0 Å². The number of hydrogen-bond donors (Lipinski definition) is 1. The molecule has 0 aromatic heterocycles. The van der Waals surface area contributed by atoms with Crippen molar-refractivity contribution in [2.24, 2.45) is 0 Å². The van der Waals surface area contributed by atoms with Crippen molar-refractivity contribution in [1.29, 1.82) is 5.26 Å². The van der Waals surface area contributed by atoms with Gasteiger partial charge in [-0.05, 0) is 0 Å². The minimum absolute atomic E-state index is 0.249. The third-order valence-electron chi connectivity index (χ3n) is 3.49. The molecule has 1 N–H and O–H groups in total. The monoisotopic (exact) mass is 332 g/mol. The summed E-state index contributed by atoms with van der Waals surface area (Å²) in [6.07, 6.45) is 0.599. The fourth-order valence-corrected chi connectivity index (χ4v) is 2.26. The Labute approximate surface area is 134 Å². The van der Waals surface area contributed by atoms with E-state index < -0.39 is 30.3 Å². The fourth-order valence-electron chi connectivity index (χ4n) is 2.26. The number of carbonyl (C=O) groups excluding carboxylic acids is 2. The minimum Gasteiger partial charge on any atom is -0.378 e. The Hall–Kier alpha value is -1.95. The first-order valence-electron chi connectivity index (χ1n) is 7.49. The molecule has 0 unspecified atom stereocenters. The maximum atomic E-state index is 13.9. The topological polar surface area (TPSA) is 85.7 Å². The molecule has 1 saturated heterocycles. The summed E-state index contributed by atoms with van der Waals surface area (Å²) in [6, 6.07) is -2.05. The molecule has 7 nitrogen and oxygen atoms in total. The number of amides is 3. The number of likely N-dealkylation sites (N-methyl/N-ethyl adjacent to an activating group) is 1. The van der Waals surface area contributed by atoms with Gasteiger partial charge in [0.1, 0.15) is 6.04 Å². The number of ether oxygens (including phenoxy) is 1. The van der Waals surface area contributed by atoms with Crippen LogP contribution in [0.5, 0.6) is 0 Å². The molecule has 0 bridgehead atoms. The van der Waals surface area contributed by atoms with Gasteiger partial charge in [0.05, 0.1) is 13.2 Å². The zero-order valence-electron chi connectivity index (χ0n) is 13.3. The molecule has 9 heteroatoms. The SMILES string of the molecule is CCCC(F)(F)C[C@H](NC(=O)N1CCOCC1)C(=O)N(C)C#N. The number of rotatable bonds is 6. The zero-order valence-corrected chi connectivity index (χ0v) is 13.3. The number of nitrogens with zero attached hydrogens (tertiary/aromatic N) is 3. The first kappa shape index (κ1) is 19.1. The minimum atomic E-state index is -3.09. The van der Waals surface area contributed by atoms with Crippen molar-refractivity contribution >= 4 is 11.9 Å². The number of urea groups is 1. The zero-order chi connectivity index (χ0) is 17.5. The van der Waals surface area contributed by atoms with Crippen molar-refractivity contribution in [2.75, 3.05) is 33.4 Å². The van der Waals surface area contributed by atoms with Crippen molar-refractivity contribution in [3.63, 3.8) is 0 Å². The number of carbonyl (C=O) groups is 2. The second kappa shape index (κ2) is 8.62. The van der Waals surface area contributed by atoms with Gasteiger partial charge in [0.25, 0.3) is 11.8 Å². The van der Waals surface area contributed by atoms with Crippen LogP contribution in [-0.2, 0) is 9.53 Å². The Balaban J connectivity index is 2.79. The largest absolute Gasteiger partial charge is 0.378 e. The summed E-state index contributed by atoms with van der Waals surface area (Å²) >= 11 is 0. The highest BCUT2D eigenvalue weighted by Crippen LogP contribution is 2.26. The normalized spacial score (nSPS) is 16.4. The average Bonchev–Trinajstić information content (AvgIpc) is 2.53. The lowest BCUT2D eigenvalue weighted by molar-refractivity contribution is -0.132. The van der Waals surface area contributed by atoms with Crippen LogP contribution in [0.1, 0.15) is 26.2 Å². The number of nitrogens with one attached hydrogen (secondary N) is 1. The standard InChI is InChI=1S/C14H22F2N4O3/c1-3-4-14(15,16)9-11(12(21)19(2)10-17)18-13(22)20-5-7-23-8-6-20/h11H,3-9H2,1-2H3,(H,18,22)/t11-/m0/s1.